The van der Waals surface area contributed by atoms with E-state index >= 15 is 0 Å². The van der Waals surface area contributed by atoms with Gasteiger partial charge in [0, 0.05) is 6.20 Å². The van der Waals surface area contributed by atoms with Gasteiger partial charge in [-0.1, -0.05) is 11.8 Å². The second-order valence-corrected chi connectivity index (χ2v) is 7.70. The van der Waals surface area contributed by atoms with Crippen LogP contribution in [-0.4, -0.2) is 69.0 Å². The molecule has 32 heavy (non-hydrogen) atoms. The molecule has 2 fully saturated rings. The maximum atomic E-state index is 12.3. The minimum absolute atomic E-state index is 0.106. The van der Waals surface area contributed by atoms with Crippen molar-refractivity contribution >= 4 is 22.8 Å². The molecule has 4 atom stereocenters. The lowest BCUT2D eigenvalue weighted by Gasteiger charge is -2.24. The molecule has 0 aromatic carbocycles. The molecule has 0 aliphatic carbocycles. The first kappa shape index (κ1) is 22.3. The van der Waals surface area contributed by atoms with Crippen molar-refractivity contribution in [1.29, 1.82) is 0 Å². The number of fused-ring (bicyclic) bond motifs is 2. The summed E-state index contributed by atoms with van der Waals surface area (Å²) >= 11 is 0. The number of carbonyl (C=O) groups is 1. The van der Waals surface area contributed by atoms with Crippen LogP contribution in [0, 0.1) is 11.8 Å². The zero-order valence-corrected chi connectivity index (χ0v) is 17.0. The van der Waals surface area contributed by atoms with Gasteiger partial charge in [-0.15, -0.1) is 0 Å². The number of nitrogens with two attached hydrogens (primary N) is 1. The van der Waals surface area contributed by atoms with E-state index in [0.29, 0.717) is 16.6 Å². The van der Waals surface area contributed by atoms with Crippen molar-refractivity contribution in [3.8, 4) is 11.8 Å². The van der Waals surface area contributed by atoms with Crippen molar-refractivity contribution in [2.24, 2.45) is 0 Å². The van der Waals surface area contributed by atoms with Crippen molar-refractivity contribution in [3.63, 3.8) is 0 Å². The van der Waals surface area contributed by atoms with Gasteiger partial charge < -0.3 is 34.9 Å². The topological polar surface area (TPSA) is 134 Å². The Labute approximate surface area is 179 Å². The van der Waals surface area contributed by atoms with Crippen molar-refractivity contribution in [2.75, 3.05) is 18.9 Å². The Morgan fingerprint density at radius 2 is 2.06 bits per heavy atom. The number of halogens is 3. The standard InChI is InChI=1S/C19H20F3N5O5/c1-18(2)31-12-10(7-28)30-16(13(12)32-18)27-6-9(11-14(23)25-8-26-15(11)27)4-3-5-24-17(29)19(20,21)22/h6,8,10,12-13,16,28H,5,7H2,1-2H3,(H,24,29)(H2,23,25,26)/t10-,12?,13+,16-/m1/s1. The third kappa shape index (κ3) is 3.97. The van der Waals surface area contributed by atoms with Gasteiger partial charge in [-0.25, -0.2) is 9.97 Å². The molecule has 13 heteroatoms. The smallest absolute Gasteiger partial charge is 0.394 e. The lowest BCUT2D eigenvalue weighted by atomic mass is 10.1. The SMILES string of the molecule is CC1(C)OC2[C@@H](CO)O[C@@H](n3cc(C#CCNC(=O)C(F)(F)F)c4c(N)ncnc43)[C@H]2O1. The molecule has 0 radical (unpaired) electrons. The first-order valence-electron chi connectivity index (χ1n) is 9.58. The minimum Gasteiger partial charge on any atom is -0.394 e. The summed E-state index contributed by atoms with van der Waals surface area (Å²) in [5.74, 6) is 2.29. The number of hydrogen-bond donors (Lipinski definition) is 3. The van der Waals surface area contributed by atoms with Crippen molar-refractivity contribution in [1.82, 2.24) is 19.9 Å². The third-order valence-electron chi connectivity index (χ3n) is 5.04. The fourth-order valence-electron chi connectivity index (χ4n) is 3.79. The van der Waals surface area contributed by atoms with Gasteiger partial charge in [0.2, 0.25) is 0 Å². The number of nitrogens with zero attached hydrogens (tertiary/aromatic N) is 3. The Balaban J connectivity index is 1.67. The zero-order valence-electron chi connectivity index (χ0n) is 17.0. The van der Waals surface area contributed by atoms with Crippen LogP contribution in [0.1, 0.15) is 25.6 Å². The lowest BCUT2D eigenvalue weighted by Crippen LogP contribution is -2.36. The molecular weight excluding hydrogens is 435 g/mol. The summed E-state index contributed by atoms with van der Waals surface area (Å²) < 4.78 is 56.3. The number of nitrogens with one attached hydrogen (secondary N) is 1. The Hall–Kier alpha value is -2.92. The molecule has 172 valence electrons. The van der Waals surface area contributed by atoms with Gasteiger partial charge in [-0.3, -0.25) is 4.79 Å². The molecule has 1 amide bonds. The van der Waals surface area contributed by atoms with Crippen LogP contribution in [0.3, 0.4) is 0 Å². The molecule has 2 aliphatic heterocycles. The number of rotatable bonds is 3. The van der Waals surface area contributed by atoms with E-state index in [9.17, 15) is 23.1 Å². The average Bonchev–Trinajstić information content (AvgIpc) is 3.33. The average molecular weight is 455 g/mol. The normalized spacial score (nSPS) is 26.6. The van der Waals surface area contributed by atoms with Crippen LogP contribution in [-0.2, 0) is 19.0 Å². The number of aromatic nitrogens is 3. The molecule has 0 saturated carbocycles. The van der Waals surface area contributed by atoms with Crippen LogP contribution in [0.15, 0.2) is 12.5 Å². The van der Waals surface area contributed by atoms with E-state index in [-0.39, 0.29) is 12.4 Å². The summed E-state index contributed by atoms with van der Waals surface area (Å²) in [4.78, 5) is 19.1. The van der Waals surface area contributed by atoms with Gasteiger partial charge in [0.15, 0.2) is 12.0 Å². The van der Waals surface area contributed by atoms with E-state index in [0.717, 1.165) is 0 Å². The van der Waals surface area contributed by atoms with E-state index in [2.05, 4.69) is 21.8 Å². The lowest BCUT2D eigenvalue weighted by molar-refractivity contribution is -0.199. The number of aliphatic hydroxyl groups excluding tert-OH is 1. The monoisotopic (exact) mass is 455 g/mol. The highest BCUT2D eigenvalue weighted by Gasteiger charge is 2.56. The van der Waals surface area contributed by atoms with Crippen LogP contribution < -0.4 is 11.1 Å². The maximum Gasteiger partial charge on any atom is 0.471 e. The summed E-state index contributed by atoms with van der Waals surface area (Å²) in [7, 11) is 0. The molecule has 2 saturated heterocycles. The molecule has 1 unspecified atom stereocenters. The van der Waals surface area contributed by atoms with E-state index in [4.69, 9.17) is 19.9 Å². The zero-order chi connectivity index (χ0) is 23.3. The Morgan fingerprint density at radius 1 is 1.34 bits per heavy atom. The molecule has 0 spiro atoms. The summed E-state index contributed by atoms with van der Waals surface area (Å²) in [5, 5.41) is 11.7. The van der Waals surface area contributed by atoms with Crippen LogP contribution in [0.4, 0.5) is 19.0 Å². The van der Waals surface area contributed by atoms with Gasteiger partial charge in [-0.2, -0.15) is 13.2 Å². The highest BCUT2D eigenvalue weighted by Crippen LogP contribution is 2.44. The van der Waals surface area contributed by atoms with Crippen molar-refractivity contribution in [3.05, 3.63) is 18.1 Å². The molecular formula is C19H20F3N5O5. The minimum atomic E-state index is -4.99. The predicted octanol–water partition coefficient (Wildman–Crippen LogP) is 0.453. The number of carbonyl (C=O) groups excluding carboxylic acids is 1. The molecule has 4 N–H and O–H groups in total. The largest absolute Gasteiger partial charge is 0.471 e. The number of amides is 1. The second kappa shape index (κ2) is 7.89. The van der Waals surface area contributed by atoms with Crippen LogP contribution >= 0.6 is 0 Å². The maximum absolute atomic E-state index is 12.3. The summed E-state index contributed by atoms with van der Waals surface area (Å²) in [6.45, 7) is 2.67. The third-order valence-corrected chi connectivity index (χ3v) is 5.04. The van der Waals surface area contributed by atoms with Crippen molar-refractivity contribution < 1.29 is 37.3 Å². The van der Waals surface area contributed by atoms with E-state index in [1.807, 2.05) is 0 Å². The fraction of sp³-hybridized carbons (Fsp3) is 0.526. The van der Waals surface area contributed by atoms with Crippen LogP contribution in [0.2, 0.25) is 0 Å². The number of nitrogen functional groups attached to an aromatic ring is 1. The summed E-state index contributed by atoms with van der Waals surface area (Å²) in [6, 6.07) is 0. The number of ether oxygens (including phenoxy) is 3. The number of anilines is 1. The predicted molar refractivity (Wildman–Crippen MR) is 103 cm³/mol. The first-order valence-corrected chi connectivity index (χ1v) is 9.58. The van der Waals surface area contributed by atoms with E-state index in [1.54, 1.807) is 29.9 Å². The molecule has 2 aromatic heterocycles. The molecule has 4 heterocycles. The van der Waals surface area contributed by atoms with Crippen LogP contribution in [0.5, 0.6) is 0 Å². The Bertz CT molecular complexity index is 1110. The molecule has 10 nitrogen and oxygen atoms in total. The highest BCUT2D eigenvalue weighted by molar-refractivity contribution is 5.92. The molecule has 4 rings (SSSR count). The second-order valence-electron chi connectivity index (χ2n) is 7.70. The number of aliphatic hydroxyl groups is 1. The molecule has 2 aliphatic rings. The van der Waals surface area contributed by atoms with Gasteiger partial charge in [-0.05, 0) is 13.8 Å². The van der Waals surface area contributed by atoms with E-state index in [1.165, 1.54) is 6.33 Å². The fourth-order valence-corrected chi connectivity index (χ4v) is 3.79. The molecule has 0 bridgehead atoms. The van der Waals surface area contributed by atoms with Crippen LogP contribution in [0.25, 0.3) is 11.0 Å². The summed E-state index contributed by atoms with van der Waals surface area (Å²) in [5.41, 5.74) is 6.68. The Kier molecular flexibility index (Phi) is 5.49. The van der Waals surface area contributed by atoms with Gasteiger partial charge in [0.25, 0.3) is 0 Å². The molecule has 2 aromatic rings. The quantitative estimate of drug-likeness (QED) is 0.569. The van der Waals surface area contributed by atoms with E-state index < -0.39 is 49.0 Å². The van der Waals surface area contributed by atoms with Gasteiger partial charge in [0.1, 0.15) is 36.1 Å². The van der Waals surface area contributed by atoms with Gasteiger partial charge in [0.05, 0.1) is 24.1 Å². The van der Waals surface area contributed by atoms with Crippen molar-refractivity contribution in [2.45, 2.75) is 50.4 Å². The summed E-state index contributed by atoms with van der Waals surface area (Å²) in [6.07, 6.45) is -4.66. The highest BCUT2D eigenvalue weighted by atomic mass is 19.4. The Morgan fingerprint density at radius 3 is 2.75 bits per heavy atom. The van der Waals surface area contributed by atoms with Gasteiger partial charge >= 0.3 is 12.1 Å². The number of hydrogen-bond acceptors (Lipinski definition) is 8. The first-order chi connectivity index (χ1) is 15.0. The number of alkyl halides is 3.